The molecule has 1 aromatic carbocycles. The minimum absolute atomic E-state index is 0.108. The molecule has 0 spiro atoms. The number of rotatable bonds is 3. The molecule has 0 saturated carbocycles. The monoisotopic (exact) mass is 264 g/mol. The van der Waals surface area contributed by atoms with Crippen LogP contribution in [0.15, 0.2) is 29.1 Å². The normalized spacial score (nSPS) is 10.5. The second kappa shape index (κ2) is 5.09. The van der Waals surface area contributed by atoms with Crippen LogP contribution in [-0.2, 0) is 4.74 Å². The van der Waals surface area contributed by atoms with E-state index in [9.17, 15) is 14.0 Å². The quantitative estimate of drug-likeness (QED) is 0.859. The number of aromatic nitrogens is 2. The molecule has 2 aromatic rings. The molecule has 5 nitrogen and oxygen atoms in total. The van der Waals surface area contributed by atoms with Crippen LogP contribution >= 0.6 is 0 Å². The van der Waals surface area contributed by atoms with Gasteiger partial charge in [-0.25, -0.2) is 13.9 Å². The standard InChI is InChI=1S/C13H13FN2O3/c1-3-19-13(18)11-8(2)12(17)16(15-11)10-6-4-9(14)5-7-10/h4-7,15H,3H2,1-2H3. The van der Waals surface area contributed by atoms with Crippen molar-refractivity contribution in [3.63, 3.8) is 0 Å². The highest BCUT2D eigenvalue weighted by Crippen LogP contribution is 2.09. The summed E-state index contributed by atoms with van der Waals surface area (Å²) in [6.45, 7) is 3.44. The fourth-order valence-corrected chi connectivity index (χ4v) is 1.70. The summed E-state index contributed by atoms with van der Waals surface area (Å²) in [4.78, 5) is 23.7. The van der Waals surface area contributed by atoms with Crippen molar-refractivity contribution in [2.24, 2.45) is 0 Å². The number of carbonyl (C=O) groups excluding carboxylic acids is 1. The van der Waals surface area contributed by atoms with E-state index in [0.717, 1.165) is 0 Å². The fraction of sp³-hybridized carbons (Fsp3) is 0.231. The summed E-state index contributed by atoms with van der Waals surface area (Å²) in [5.41, 5.74) is 0.457. The Hall–Kier alpha value is -2.37. The first-order chi connectivity index (χ1) is 9.04. The number of carbonyl (C=O) groups is 1. The van der Waals surface area contributed by atoms with Gasteiger partial charge in [0.2, 0.25) is 0 Å². The maximum Gasteiger partial charge on any atom is 0.356 e. The van der Waals surface area contributed by atoms with Gasteiger partial charge in [0.25, 0.3) is 5.56 Å². The number of hydrogen-bond acceptors (Lipinski definition) is 3. The molecule has 0 aliphatic rings. The summed E-state index contributed by atoms with van der Waals surface area (Å²) in [5.74, 6) is -0.983. The molecule has 100 valence electrons. The predicted molar refractivity (Wildman–Crippen MR) is 67.0 cm³/mol. The van der Waals surface area contributed by atoms with Crippen LogP contribution in [0.4, 0.5) is 4.39 Å². The van der Waals surface area contributed by atoms with Crippen LogP contribution in [0.25, 0.3) is 5.69 Å². The number of H-pyrrole nitrogens is 1. The van der Waals surface area contributed by atoms with E-state index in [1.54, 1.807) is 6.92 Å². The smallest absolute Gasteiger partial charge is 0.356 e. The molecule has 1 heterocycles. The van der Waals surface area contributed by atoms with Gasteiger partial charge < -0.3 is 4.74 Å². The maximum atomic E-state index is 12.8. The van der Waals surface area contributed by atoms with Gasteiger partial charge in [-0.1, -0.05) is 0 Å². The van der Waals surface area contributed by atoms with E-state index in [4.69, 9.17) is 4.74 Å². The highest BCUT2D eigenvalue weighted by atomic mass is 19.1. The summed E-state index contributed by atoms with van der Waals surface area (Å²) in [5, 5.41) is 2.68. The zero-order valence-corrected chi connectivity index (χ0v) is 10.6. The molecule has 0 radical (unpaired) electrons. The van der Waals surface area contributed by atoms with Gasteiger partial charge in [-0.3, -0.25) is 9.89 Å². The Morgan fingerprint density at radius 3 is 2.58 bits per heavy atom. The van der Waals surface area contributed by atoms with E-state index in [1.165, 1.54) is 35.9 Å². The van der Waals surface area contributed by atoms with Gasteiger partial charge in [-0.05, 0) is 38.1 Å². The lowest BCUT2D eigenvalue weighted by molar-refractivity contribution is 0.0518. The van der Waals surface area contributed by atoms with Crippen LogP contribution in [0.3, 0.4) is 0 Å². The SMILES string of the molecule is CCOC(=O)c1[nH]n(-c2ccc(F)cc2)c(=O)c1C. The molecular formula is C13H13FN2O3. The molecule has 0 aliphatic carbocycles. The summed E-state index contributed by atoms with van der Waals surface area (Å²) in [6.07, 6.45) is 0. The van der Waals surface area contributed by atoms with Crippen LogP contribution in [0.2, 0.25) is 0 Å². The van der Waals surface area contributed by atoms with E-state index in [-0.39, 0.29) is 23.4 Å². The predicted octanol–water partition coefficient (Wildman–Crippen LogP) is 1.79. The number of aromatic amines is 1. The van der Waals surface area contributed by atoms with Crippen molar-refractivity contribution in [2.45, 2.75) is 13.8 Å². The van der Waals surface area contributed by atoms with Crippen molar-refractivity contribution >= 4 is 5.97 Å². The van der Waals surface area contributed by atoms with Gasteiger partial charge in [-0.15, -0.1) is 0 Å². The average molecular weight is 264 g/mol. The van der Waals surface area contributed by atoms with Crippen molar-refractivity contribution in [2.75, 3.05) is 6.61 Å². The number of ether oxygens (including phenoxy) is 1. The number of hydrogen-bond donors (Lipinski definition) is 1. The van der Waals surface area contributed by atoms with Crippen molar-refractivity contribution < 1.29 is 13.9 Å². The zero-order valence-electron chi connectivity index (χ0n) is 10.6. The van der Waals surface area contributed by atoms with Crippen LogP contribution in [-0.4, -0.2) is 22.4 Å². The minimum Gasteiger partial charge on any atom is -0.461 e. The van der Waals surface area contributed by atoms with Crippen molar-refractivity contribution in [3.05, 3.63) is 51.7 Å². The molecule has 1 N–H and O–H groups in total. The first-order valence-electron chi connectivity index (χ1n) is 5.79. The van der Waals surface area contributed by atoms with Crippen LogP contribution in [0, 0.1) is 12.7 Å². The van der Waals surface area contributed by atoms with Gasteiger partial charge in [0.05, 0.1) is 12.3 Å². The molecule has 2 rings (SSSR count). The molecule has 19 heavy (non-hydrogen) atoms. The lowest BCUT2D eigenvalue weighted by atomic mass is 10.3. The largest absolute Gasteiger partial charge is 0.461 e. The molecule has 1 aromatic heterocycles. The molecule has 0 atom stereocenters. The van der Waals surface area contributed by atoms with Crippen molar-refractivity contribution in [3.8, 4) is 5.69 Å². The highest BCUT2D eigenvalue weighted by molar-refractivity contribution is 5.88. The second-order valence-corrected chi connectivity index (χ2v) is 3.95. The van der Waals surface area contributed by atoms with Gasteiger partial charge in [-0.2, -0.15) is 0 Å². The number of esters is 1. The fourth-order valence-electron chi connectivity index (χ4n) is 1.70. The third-order valence-electron chi connectivity index (χ3n) is 2.69. The Kier molecular flexibility index (Phi) is 3.50. The second-order valence-electron chi connectivity index (χ2n) is 3.95. The lowest BCUT2D eigenvalue weighted by Gasteiger charge is -2.01. The molecule has 0 amide bonds. The van der Waals surface area contributed by atoms with Crippen LogP contribution in [0.1, 0.15) is 23.0 Å². The molecule has 0 bridgehead atoms. The highest BCUT2D eigenvalue weighted by Gasteiger charge is 2.18. The topological polar surface area (TPSA) is 64.1 Å². The van der Waals surface area contributed by atoms with E-state index >= 15 is 0 Å². The summed E-state index contributed by atoms with van der Waals surface area (Å²) in [6, 6.07) is 5.37. The number of nitrogens with one attached hydrogen (secondary N) is 1. The third-order valence-corrected chi connectivity index (χ3v) is 2.69. The number of nitrogens with zero attached hydrogens (tertiary/aromatic N) is 1. The summed E-state index contributed by atoms with van der Waals surface area (Å²) < 4.78 is 18.9. The van der Waals surface area contributed by atoms with Gasteiger partial charge in [0, 0.05) is 5.56 Å². The molecule has 0 saturated heterocycles. The lowest BCUT2D eigenvalue weighted by Crippen LogP contribution is -2.15. The summed E-state index contributed by atoms with van der Waals surface area (Å²) >= 11 is 0. The Balaban J connectivity index is 2.49. The van der Waals surface area contributed by atoms with Crippen LogP contribution in [0.5, 0.6) is 0 Å². The summed E-state index contributed by atoms with van der Waals surface area (Å²) in [7, 11) is 0. The molecular weight excluding hydrogens is 251 g/mol. The molecule has 6 heteroatoms. The van der Waals surface area contributed by atoms with Gasteiger partial charge in [0.1, 0.15) is 11.5 Å². The maximum absolute atomic E-state index is 12.8. The van der Waals surface area contributed by atoms with E-state index in [0.29, 0.717) is 5.69 Å². The van der Waals surface area contributed by atoms with Crippen LogP contribution < -0.4 is 5.56 Å². The van der Waals surface area contributed by atoms with E-state index < -0.39 is 11.8 Å². The molecule has 0 aliphatic heterocycles. The Labute approximate surface area is 108 Å². The number of halogens is 1. The van der Waals surface area contributed by atoms with Gasteiger partial charge in [0.15, 0.2) is 0 Å². The number of benzene rings is 1. The minimum atomic E-state index is -0.585. The van der Waals surface area contributed by atoms with Crippen molar-refractivity contribution in [1.82, 2.24) is 9.78 Å². The Morgan fingerprint density at radius 2 is 2.00 bits per heavy atom. The third kappa shape index (κ3) is 2.42. The van der Waals surface area contributed by atoms with Gasteiger partial charge >= 0.3 is 5.97 Å². The zero-order chi connectivity index (χ0) is 14.0. The van der Waals surface area contributed by atoms with E-state index in [2.05, 4.69) is 5.10 Å². The van der Waals surface area contributed by atoms with Crippen molar-refractivity contribution in [1.29, 1.82) is 0 Å². The first kappa shape index (κ1) is 13.1. The Bertz CT molecular complexity index is 656. The molecule has 0 fully saturated rings. The average Bonchev–Trinajstić information content (AvgIpc) is 2.68. The van der Waals surface area contributed by atoms with E-state index in [1.807, 2.05) is 0 Å². The molecule has 0 unspecified atom stereocenters. The first-order valence-corrected chi connectivity index (χ1v) is 5.79. The Morgan fingerprint density at radius 1 is 1.37 bits per heavy atom.